The zero-order valence-corrected chi connectivity index (χ0v) is 12.4. The van der Waals surface area contributed by atoms with Gasteiger partial charge >= 0.3 is 0 Å². The first-order chi connectivity index (χ1) is 11.3. The van der Waals surface area contributed by atoms with E-state index in [1.807, 2.05) is 48.5 Å². The fraction of sp³-hybridized carbons (Fsp3) is 0.0588. The van der Waals surface area contributed by atoms with E-state index in [9.17, 15) is 4.79 Å². The zero-order chi connectivity index (χ0) is 15.8. The van der Waals surface area contributed by atoms with Crippen LogP contribution < -0.4 is 10.6 Å². The predicted molar refractivity (Wildman–Crippen MR) is 89.8 cm³/mol. The molecule has 0 saturated carbocycles. The molecule has 2 heterocycles. The van der Waals surface area contributed by atoms with Gasteiger partial charge in [0.25, 0.3) is 5.56 Å². The molecule has 0 aliphatic rings. The molecule has 0 unspecified atom stereocenters. The Morgan fingerprint density at radius 3 is 2.52 bits per heavy atom. The Balaban J connectivity index is 1.89. The first kappa shape index (κ1) is 13.5. The van der Waals surface area contributed by atoms with Crippen LogP contribution in [0.15, 0.2) is 59.4 Å². The van der Waals surface area contributed by atoms with E-state index in [1.165, 1.54) is 12.2 Å². The maximum Gasteiger partial charge on any atom is 0.274 e. The SMILES string of the molecule is CON(c1nc2ccccc2[nH]1)c1cc2ccccc2[nH]c1=O. The number of aromatic amines is 2. The molecule has 0 aliphatic heterocycles. The maximum absolute atomic E-state index is 12.4. The molecule has 114 valence electrons. The Kier molecular flexibility index (Phi) is 3.09. The summed E-state index contributed by atoms with van der Waals surface area (Å²) in [5, 5.41) is 2.31. The number of nitrogens with one attached hydrogen (secondary N) is 2. The zero-order valence-electron chi connectivity index (χ0n) is 12.4. The van der Waals surface area contributed by atoms with Crippen LogP contribution in [0.3, 0.4) is 0 Å². The molecule has 4 aromatic rings. The van der Waals surface area contributed by atoms with Gasteiger partial charge in [0.1, 0.15) is 5.69 Å². The van der Waals surface area contributed by atoms with Crippen LogP contribution in [-0.4, -0.2) is 22.1 Å². The number of hydrogen-bond acceptors (Lipinski definition) is 4. The summed E-state index contributed by atoms with van der Waals surface area (Å²) in [5.41, 5.74) is 2.58. The molecule has 6 heteroatoms. The van der Waals surface area contributed by atoms with Gasteiger partial charge in [-0.15, -0.1) is 0 Å². The Bertz CT molecular complexity index is 1020. The highest BCUT2D eigenvalue weighted by Gasteiger charge is 2.17. The summed E-state index contributed by atoms with van der Waals surface area (Å²) >= 11 is 0. The van der Waals surface area contributed by atoms with Crippen molar-refractivity contribution in [1.82, 2.24) is 15.0 Å². The highest BCUT2D eigenvalue weighted by molar-refractivity contribution is 5.83. The summed E-state index contributed by atoms with van der Waals surface area (Å²) in [4.78, 5) is 28.3. The number of fused-ring (bicyclic) bond motifs is 2. The molecule has 0 spiro atoms. The second kappa shape index (κ2) is 5.26. The lowest BCUT2D eigenvalue weighted by Crippen LogP contribution is -2.24. The van der Waals surface area contributed by atoms with E-state index in [0.717, 1.165) is 21.9 Å². The molecular formula is C17H14N4O2. The molecule has 2 aromatic heterocycles. The molecule has 0 aliphatic carbocycles. The average Bonchev–Trinajstić information content (AvgIpc) is 2.99. The number of benzene rings is 2. The molecule has 0 saturated heterocycles. The topological polar surface area (TPSA) is 74.0 Å². The fourth-order valence-electron chi connectivity index (χ4n) is 2.62. The number of aromatic nitrogens is 3. The van der Waals surface area contributed by atoms with Crippen molar-refractivity contribution >= 4 is 33.6 Å². The average molecular weight is 306 g/mol. The second-order valence-electron chi connectivity index (χ2n) is 5.13. The molecule has 6 nitrogen and oxygen atoms in total. The molecule has 0 fully saturated rings. The normalized spacial score (nSPS) is 11.2. The van der Waals surface area contributed by atoms with E-state index >= 15 is 0 Å². The van der Waals surface area contributed by atoms with Crippen LogP contribution in [0.5, 0.6) is 0 Å². The summed E-state index contributed by atoms with van der Waals surface area (Å²) in [6.45, 7) is 0. The number of rotatable bonds is 3. The van der Waals surface area contributed by atoms with Gasteiger partial charge in [0.05, 0.1) is 18.1 Å². The van der Waals surface area contributed by atoms with Crippen LogP contribution in [0.2, 0.25) is 0 Å². The van der Waals surface area contributed by atoms with E-state index in [-0.39, 0.29) is 5.56 Å². The molecule has 2 N–H and O–H groups in total. The van der Waals surface area contributed by atoms with Gasteiger partial charge in [0, 0.05) is 10.9 Å². The Morgan fingerprint density at radius 2 is 1.74 bits per heavy atom. The van der Waals surface area contributed by atoms with E-state index in [4.69, 9.17) is 4.84 Å². The standard InChI is InChI=1S/C17H14N4O2/c1-23-21(17-19-13-8-4-5-9-14(13)20-17)15-10-11-6-2-3-7-12(11)18-16(15)22/h2-10H,1H3,(H,18,22)(H,19,20). The first-order valence-electron chi connectivity index (χ1n) is 7.17. The Morgan fingerprint density at radius 1 is 1.00 bits per heavy atom. The van der Waals surface area contributed by atoms with Gasteiger partial charge in [-0.3, -0.25) is 9.63 Å². The predicted octanol–water partition coefficient (Wildman–Crippen LogP) is 3.10. The van der Waals surface area contributed by atoms with Crippen molar-refractivity contribution in [2.45, 2.75) is 0 Å². The van der Waals surface area contributed by atoms with Crippen LogP contribution in [-0.2, 0) is 4.84 Å². The largest absolute Gasteiger partial charge is 0.322 e. The first-order valence-corrected chi connectivity index (χ1v) is 7.17. The quantitative estimate of drug-likeness (QED) is 0.570. The van der Waals surface area contributed by atoms with Gasteiger partial charge in [0.15, 0.2) is 0 Å². The molecule has 0 amide bonds. The van der Waals surface area contributed by atoms with E-state index in [0.29, 0.717) is 11.6 Å². The van der Waals surface area contributed by atoms with Gasteiger partial charge in [0.2, 0.25) is 5.95 Å². The summed E-state index contributed by atoms with van der Waals surface area (Å²) in [6.07, 6.45) is 0. The number of H-pyrrole nitrogens is 2. The minimum absolute atomic E-state index is 0.244. The van der Waals surface area contributed by atoms with Crippen molar-refractivity contribution in [3.05, 3.63) is 65.0 Å². The second-order valence-corrected chi connectivity index (χ2v) is 5.13. The number of anilines is 2. The number of hydrogen-bond donors (Lipinski definition) is 2. The van der Waals surface area contributed by atoms with Gasteiger partial charge in [-0.25, -0.2) is 4.98 Å². The minimum atomic E-state index is -0.244. The number of pyridine rings is 1. The molecule has 0 atom stereocenters. The number of imidazole rings is 1. The monoisotopic (exact) mass is 306 g/mol. The van der Waals surface area contributed by atoms with Crippen LogP contribution in [0.25, 0.3) is 21.9 Å². The lowest BCUT2D eigenvalue weighted by Gasteiger charge is -2.18. The molecule has 0 radical (unpaired) electrons. The van der Waals surface area contributed by atoms with Gasteiger partial charge in [-0.05, 0) is 24.3 Å². The van der Waals surface area contributed by atoms with Crippen LogP contribution in [0.4, 0.5) is 11.6 Å². The highest BCUT2D eigenvalue weighted by atomic mass is 16.7. The number of para-hydroxylation sites is 3. The molecule has 0 bridgehead atoms. The molecule has 2 aromatic carbocycles. The lowest BCUT2D eigenvalue weighted by molar-refractivity contribution is 0.197. The van der Waals surface area contributed by atoms with Crippen molar-refractivity contribution in [3.63, 3.8) is 0 Å². The molecule has 4 rings (SSSR count). The van der Waals surface area contributed by atoms with Crippen molar-refractivity contribution < 1.29 is 4.84 Å². The van der Waals surface area contributed by atoms with Crippen molar-refractivity contribution in [2.24, 2.45) is 0 Å². The summed E-state index contributed by atoms with van der Waals surface area (Å²) < 4.78 is 0. The molecular weight excluding hydrogens is 292 g/mol. The fourth-order valence-corrected chi connectivity index (χ4v) is 2.62. The lowest BCUT2D eigenvalue weighted by atomic mass is 10.2. The van der Waals surface area contributed by atoms with Crippen molar-refractivity contribution in [3.8, 4) is 0 Å². The van der Waals surface area contributed by atoms with Crippen molar-refractivity contribution in [1.29, 1.82) is 0 Å². The van der Waals surface area contributed by atoms with Crippen LogP contribution >= 0.6 is 0 Å². The number of nitrogens with zero attached hydrogens (tertiary/aromatic N) is 2. The maximum atomic E-state index is 12.4. The van der Waals surface area contributed by atoms with Gasteiger partial charge in [-0.2, -0.15) is 5.06 Å². The summed E-state index contributed by atoms with van der Waals surface area (Å²) in [5.74, 6) is 0.453. The van der Waals surface area contributed by atoms with E-state index in [1.54, 1.807) is 6.07 Å². The van der Waals surface area contributed by atoms with E-state index < -0.39 is 0 Å². The summed E-state index contributed by atoms with van der Waals surface area (Å²) in [7, 11) is 1.50. The summed E-state index contributed by atoms with van der Waals surface area (Å²) in [6, 6.07) is 17.0. The Hall–Kier alpha value is -3.12. The third kappa shape index (κ3) is 2.25. The Labute approximate surface area is 131 Å². The van der Waals surface area contributed by atoms with Crippen LogP contribution in [0.1, 0.15) is 0 Å². The molecule has 23 heavy (non-hydrogen) atoms. The van der Waals surface area contributed by atoms with Crippen LogP contribution in [0, 0.1) is 0 Å². The third-order valence-electron chi connectivity index (χ3n) is 3.70. The van der Waals surface area contributed by atoms with Gasteiger partial charge < -0.3 is 9.97 Å². The van der Waals surface area contributed by atoms with E-state index in [2.05, 4.69) is 15.0 Å². The smallest absolute Gasteiger partial charge is 0.274 e. The van der Waals surface area contributed by atoms with Gasteiger partial charge in [-0.1, -0.05) is 30.3 Å². The minimum Gasteiger partial charge on any atom is -0.322 e. The van der Waals surface area contributed by atoms with Crippen molar-refractivity contribution in [2.75, 3.05) is 12.2 Å². The highest BCUT2D eigenvalue weighted by Crippen LogP contribution is 2.24. The third-order valence-corrected chi connectivity index (χ3v) is 3.70.